The van der Waals surface area contributed by atoms with Gasteiger partial charge in [-0.15, -0.1) is 11.3 Å². The van der Waals surface area contributed by atoms with E-state index >= 15 is 0 Å². The average Bonchev–Trinajstić information content (AvgIpc) is 2.78. The number of anilines is 1. The van der Waals surface area contributed by atoms with Crippen molar-refractivity contribution in [2.24, 2.45) is 0 Å². The van der Waals surface area contributed by atoms with Gasteiger partial charge in [-0.05, 0) is 34.1 Å². The van der Waals surface area contributed by atoms with Gasteiger partial charge < -0.3 is 14.2 Å². The van der Waals surface area contributed by atoms with E-state index < -0.39 is 0 Å². The van der Waals surface area contributed by atoms with Crippen molar-refractivity contribution in [1.29, 1.82) is 0 Å². The lowest BCUT2D eigenvalue weighted by Gasteiger charge is -2.32. The Morgan fingerprint density at radius 2 is 1.68 bits per heavy atom. The Kier molecular flexibility index (Phi) is 3.71. The predicted molar refractivity (Wildman–Crippen MR) is 81.5 cm³/mol. The van der Waals surface area contributed by atoms with Crippen LogP contribution >= 0.6 is 11.3 Å². The third-order valence-corrected chi connectivity index (χ3v) is 5.28. The van der Waals surface area contributed by atoms with Crippen molar-refractivity contribution in [1.82, 2.24) is 4.98 Å². The third-order valence-electron chi connectivity index (χ3n) is 3.90. The molecule has 1 aliphatic rings. The summed E-state index contributed by atoms with van der Waals surface area (Å²) in [6.45, 7) is 10.4. The highest BCUT2D eigenvalue weighted by molar-refractivity contribution is 7.16. The van der Waals surface area contributed by atoms with Crippen molar-refractivity contribution in [2.75, 3.05) is 19.0 Å². The van der Waals surface area contributed by atoms with E-state index in [1.807, 2.05) is 19.0 Å². The van der Waals surface area contributed by atoms with Crippen molar-refractivity contribution >= 4 is 29.2 Å². The van der Waals surface area contributed by atoms with Crippen molar-refractivity contribution < 1.29 is 9.31 Å². The van der Waals surface area contributed by atoms with Crippen LogP contribution in [0.4, 0.5) is 5.13 Å². The molecule has 0 atom stereocenters. The molecule has 2 heterocycles. The van der Waals surface area contributed by atoms with Crippen LogP contribution < -0.4 is 10.5 Å². The summed E-state index contributed by atoms with van der Waals surface area (Å²) in [4.78, 5) is 7.95. The Hall–Kier alpha value is -0.585. The fraction of sp³-hybridized carbons (Fsp3) is 0.769. The molecule has 1 saturated heterocycles. The minimum absolute atomic E-state index is 0.315. The molecule has 0 unspecified atom stereocenters. The maximum Gasteiger partial charge on any atom is 0.515 e. The van der Waals surface area contributed by atoms with E-state index in [-0.39, 0.29) is 18.3 Å². The van der Waals surface area contributed by atoms with E-state index in [9.17, 15) is 0 Å². The zero-order valence-corrected chi connectivity index (χ0v) is 13.7. The van der Waals surface area contributed by atoms with Gasteiger partial charge in [-0.1, -0.05) is 6.92 Å². The van der Waals surface area contributed by atoms with Gasteiger partial charge in [0.05, 0.1) is 16.8 Å². The molecule has 0 aromatic carbocycles. The van der Waals surface area contributed by atoms with Crippen LogP contribution in [0.2, 0.25) is 0 Å². The smallest absolute Gasteiger partial charge is 0.398 e. The highest BCUT2D eigenvalue weighted by Gasteiger charge is 2.53. The van der Waals surface area contributed by atoms with Crippen molar-refractivity contribution in [2.45, 2.75) is 52.2 Å². The van der Waals surface area contributed by atoms with Crippen molar-refractivity contribution in [3.63, 3.8) is 0 Å². The maximum absolute atomic E-state index is 6.09. The summed E-state index contributed by atoms with van der Waals surface area (Å²) in [5, 5.41) is 1.00. The van der Waals surface area contributed by atoms with E-state index in [1.165, 1.54) is 4.88 Å². The Labute approximate surface area is 120 Å². The Balaban J connectivity index is 2.33. The highest BCUT2D eigenvalue weighted by atomic mass is 32.1. The second-order valence-electron chi connectivity index (χ2n) is 6.14. The summed E-state index contributed by atoms with van der Waals surface area (Å²) in [5.41, 5.74) is 0.310. The molecule has 6 heteroatoms. The lowest BCUT2D eigenvalue weighted by molar-refractivity contribution is 0.00578. The average molecular weight is 282 g/mol. The summed E-state index contributed by atoms with van der Waals surface area (Å²) in [6, 6.07) is 0. The van der Waals surface area contributed by atoms with Gasteiger partial charge in [0.1, 0.15) is 0 Å². The second-order valence-corrected chi connectivity index (χ2v) is 7.20. The molecular formula is C13H23BN2O2S. The first-order valence-electron chi connectivity index (χ1n) is 6.70. The summed E-state index contributed by atoms with van der Waals surface area (Å²) < 4.78 is 12.2. The van der Waals surface area contributed by atoms with E-state index in [0.717, 1.165) is 17.1 Å². The van der Waals surface area contributed by atoms with Crippen LogP contribution in [0.3, 0.4) is 0 Å². The topological polar surface area (TPSA) is 34.6 Å². The van der Waals surface area contributed by atoms with Crippen molar-refractivity contribution in [3.8, 4) is 0 Å². The van der Waals surface area contributed by atoms with Gasteiger partial charge in [-0.25, -0.2) is 4.98 Å². The summed E-state index contributed by atoms with van der Waals surface area (Å²) in [7, 11) is 3.66. The lowest BCUT2D eigenvalue weighted by atomic mass is 9.83. The highest BCUT2D eigenvalue weighted by Crippen LogP contribution is 2.37. The fourth-order valence-corrected chi connectivity index (χ4v) is 2.87. The van der Waals surface area contributed by atoms with Gasteiger partial charge in [0.15, 0.2) is 5.13 Å². The molecule has 0 aliphatic carbocycles. The molecule has 19 heavy (non-hydrogen) atoms. The Morgan fingerprint density at radius 3 is 2.11 bits per heavy atom. The molecule has 1 aliphatic heterocycles. The zero-order valence-electron chi connectivity index (χ0n) is 12.9. The Morgan fingerprint density at radius 1 is 1.16 bits per heavy atom. The van der Waals surface area contributed by atoms with Crippen LogP contribution in [0.15, 0.2) is 0 Å². The number of hydrogen-bond donors (Lipinski definition) is 0. The molecule has 0 radical (unpaired) electrons. The standard InChI is InChI=1S/C13H23BN2O2S/c1-8-9-10(15-11(19-9)16(6)7)14-17-12(2,3)13(4,5)18-14/h8H2,1-7H3. The fourth-order valence-electron chi connectivity index (χ4n) is 1.93. The van der Waals surface area contributed by atoms with Gasteiger partial charge in [0, 0.05) is 19.0 Å². The monoisotopic (exact) mass is 282 g/mol. The van der Waals surface area contributed by atoms with Crippen LogP contribution in [0, 0.1) is 0 Å². The first kappa shape index (κ1) is 14.8. The number of hydrogen-bond acceptors (Lipinski definition) is 5. The normalized spacial score (nSPS) is 20.9. The van der Waals surface area contributed by atoms with E-state index in [2.05, 4.69) is 39.6 Å². The van der Waals surface area contributed by atoms with Gasteiger partial charge in [0.25, 0.3) is 0 Å². The predicted octanol–water partition coefficient (Wildman–Crippen LogP) is 2.07. The second kappa shape index (κ2) is 4.75. The minimum atomic E-state index is -0.357. The number of nitrogens with zero attached hydrogens (tertiary/aromatic N) is 2. The molecule has 0 saturated carbocycles. The molecular weight excluding hydrogens is 259 g/mol. The van der Waals surface area contributed by atoms with E-state index in [1.54, 1.807) is 11.3 Å². The molecule has 1 aromatic heterocycles. The molecule has 0 spiro atoms. The maximum atomic E-state index is 6.09. The number of aromatic nitrogens is 1. The summed E-state index contributed by atoms with van der Waals surface area (Å²) in [6.07, 6.45) is 0.949. The van der Waals surface area contributed by atoms with Crippen LogP contribution in [0.25, 0.3) is 0 Å². The zero-order chi connectivity index (χ0) is 14.4. The molecule has 0 N–H and O–H groups in total. The number of aryl methyl sites for hydroxylation is 1. The van der Waals surface area contributed by atoms with Crippen molar-refractivity contribution in [3.05, 3.63) is 4.88 Å². The first-order valence-corrected chi connectivity index (χ1v) is 7.52. The van der Waals surface area contributed by atoms with Crippen LogP contribution in [-0.4, -0.2) is 37.4 Å². The van der Waals surface area contributed by atoms with Gasteiger partial charge in [-0.2, -0.15) is 0 Å². The minimum Gasteiger partial charge on any atom is -0.398 e. The Bertz CT molecular complexity index is 455. The van der Waals surface area contributed by atoms with Crippen LogP contribution in [0.5, 0.6) is 0 Å². The third kappa shape index (κ3) is 2.53. The summed E-state index contributed by atoms with van der Waals surface area (Å²) in [5.74, 6) is 0. The summed E-state index contributed by atoms with van der Waals surface area (Å²) >= 11 is 1.71. The SMILES string of the molecule is CCc1sc(N(C)C)nc1B1OC(C)(C)C(C)(C)O1. The molecule has 1 aromatic rings. The molecule has 4 nitrogen and oxygen atoms in total. The number of rotatable bonds is 3. The molecule has 1 fully saturated rings. The number of thiazole rings is 1. The molecule has 106 valence electrons. The van der Waals surface area contributed by atoms with E-state index in [0.29, 0.717) is 0 Å². The first-order chi connectivity index (χ1) is 8.68. The van der Waals surface area contributed by atoms with Gasteiger partial charge in [-0.3, -0.25) is 0 Å². The molecule has 2 rings (SSSR count). The molecule has 0 bridgehead atoms. The quantitative estimate of drug-likeness (QED) is 0.795. The van der Waals surface area contributed by atoms with Crippen LogP contribution in [-0.2, 0) is 15.7 Å². The molecule has 0 amide bonds. The van der Waals surface area contributed by atoms with Crippen LogP contribution in [0.1, 0.15) is 39.5 Å². The lowest BCUT2D eigenvalue weighted by Crippen LogP contribution is -2.41. The van der Waals surface area contributed by atoms with Gasteiger partial charge in [0.2, 0.25) is 0 Å². The van der Waals surface area contributed by atoms with E-state index in [4.69, 9.17) is 9.31 Å². The van der Waals surface area contributed by atoms with Gasteiger partial charge >= 0.3 is 7.12 Å². The largest absolute Gasteiger partial charge is 0.515 e.